The van der Waals surface area contributed by atoms with E-state index in [9.17, 15) is 9.18 Å². The molecule has 1 amide bonds. The average molecular weight is 513 g/mol. The van der Waals surface area contributed by atoms with Gasteiger partial charge >= 0.3 is 0 Å². The van der Waals surface area contributed by atoms with E-state index in [-0.39, 0.29) is 17.6 Å². The number of fused-ring (bicyclic) bond motifs is 1. The predicted molar refractivity (Wildman–Crippen MR) is 129 cm³/mol. The third-order valence-electron chi connectivity index (χ3n) is 6.20. The molecule has 3 aromatic carbocycles. The SMILES string of the molecule is Cc1ccc(N2C(=O)C3C(C(c4ccc(Cl)cc4)=NN3C)C2c2cccc(F)c2)cc1Br. The Morgan fingerprint density at radius 2 is 1.78 bits per heavy atom. The van der Waals surface area contributed by atoms with E-state index >= 15 is 0 Å². The van der Waals surface area contributed by atoms with Crippen LogP contribution in [0.5, 0.6) is 0 Å². The number of anilines is 1. The Hall–Kier alpha value is -2.70. The van der Waals surface area contributed by atoms with Crippen LogP contribution in [0, 0.1) is 18.7 Å². The Kier molecular flexibility index (Phi) is 5.30. The maximum absolute atomic E-state index is 14.3. The van der Waals surface area contributed by atoms with E-state index in [0.717, 1.165) is 32.6 Å². The van der Waals surface area contributed by atoms with Crippen LogP contribution in [0.4, 0.5) is 10.1 Å². The molecule has 0 spiro atoms. The van der Waals surface area contributed by atoms with Crippen molar-refractivity contribution < 1.29 is 9.18 Å². The van der Waals surface area contributed by atoms with Crippen LogP contribution in [0.15, 0.2) is 76.3 Å². The molecule has 2 aliphatic rings. The lowest BCUT2D eigenvalue weighted by molar-refractivity contribution is -0.121. The summed E-state index contributed by atoms with van der Waals surface area (Å²) in [6.07, 6.45) is 0. The van der Waals surface area contributed by atoms with Gasteiger partial charge in [0.15, 0.2) is 0 Å². The van der Waals surface area contributed by atoms with Gasteiger partial charge in [-0.3, -0.25) is 9.80 Å². The van der Waals surface area contributed by atoms with Gasteiger partial charge in [0.05, 0.1) is 17.7 Å². The smallest absolute Gasteiger partial charge is 0.252 e. The second-order valence-corrected chi connectivity index (χ2v) is 9.47. The number of halogens is 3. The topological polar surface area (TPSA) is 35.9 Å². The maximum atomic E-state index is 14.3. The Labute approximate surface area is 199 Å². The van der Waals surface area contributed by atoms with Crippen molar-refractivity contribution in [1.29, 1.82) is 0 Å². The molecule has 0 aromatic heterocycles. The molecular weight excluding hydrogens is 493 g/mol. The van der Waals surface area contributed by atoms with Crippen molar-refractivity contribution in [3.63, 3.8) is 0 Å². The molecule has 2 heterocycles. The van der Waals surface area contributed by atoms with Crippen LogP contribution in [0.25, 0.3) is 0 Å². The summed E-state index contributed by atoms with van der Waals surface area (Å²) in [6.45, 7) is 2.00. The summed E-state index contributed by atoms with van der Waals surface area (Å²) in [5.74, 6) is -0.662. The summed E-state index contributed by atoms with van der Waals surface area (Å²) in [5, 5.41) is 7.10. The van der Waals surface area contributed by atoms with Crippen molar-refractivity contribution in [3.8, 4) is 0 Å². The van der Waals surface area contributed by atoms with Crippen molar-refractivity contribution in [2.24, 2.45) is 11.0 Å². The van der Waals surface area contributed by atoms with E-state index in [1.807, 2.05) is 62.5 Å². The molecule has 0 radical (unpaired) electrons. The Balaban J connectivity index is 1.69. The van der Waals surface area contributed by atoms with Gasteiger partial charge in [0, 0.05) is 22.2 Å². The van der Waals surface area contributed by atoms with Gasteiger partial charge in [-0.1, -0.05) is 57.9 Å². The standard InChI is InChI=1S/C25H20BrClFN3O/c1-14-6-11-19(13-20(14)26)31-23(16-4-3-5-18(28)12-16)21-22(15-7-9-17(27)10-8-15)29-30(2)24(21)25(31)32/h3-13,21,23-24H,1-2H3. The van der Waals surface area contributed by atoms with E-state index in [4.69, 9.17) is 16.7 Å². The Morgan fingerprint density at radius 1 is 1.03 bits per heavy atom. The van der Waals surface area contributed by atoms with E-state index in [1.165, 1.54) is 12.1 Å². The van der Waals surface area contributed by atoms with Crippen molar-refractivity contribution in [2.75, 3.05) is 11.9 Å². The molecule has 1 fully saturated rings. The second kappa shape index (κ2) is 8.01. The lowest BCUT2D eigenvalue weighted by Gasteiger charge is -2.29. The number of benzene rings is 3. The Bertz CT molecular complexity index is 1250. The van der Waals surface area contributed by atoms with Gasteiger partial charge < -0.3 is 4.90 Å². The quantitative estimate of drug-likeness (QED) is 0.433. The molecule has 0 N–H and O–H groups in total. The highest BCUT2D eigenvalue weighted by molar-refractivity contribution is 9.10. The first-order chi connectivity index (χ1) is 15.3. The third kappa shape index (κ3) is 3.42. The first kappa shape index (κ1) is 21.2. The molecular formula is C25H20BrClFN3O. The average Bonchev–Trinajstić information content (AvgIpc) is 3.26. The predicted octanol–water partition coefficient (Wildman–Crippen LogP) is 5.97. The first-order valence-electron chi connectivity index (χ1n) is 10.3. The molecule has 0 aliphatic carbocycles. The van der Waals surface area contributed by atoms with Gasteiger partial charge in [0.1, 0.15) is 11.9 Å². The number of hydrogen-bond acceptors (Lipinski definition) is 3. The molecule has 2 aliphatic heterocycles. The lowest BCUT2D eigenvalue weighted by atomic mass is 9.84. The van der Waals surface area contributed by atoms with Gasteiger partial charge in [-0.05, 0) is 60.0 Å². The van der Waals surface area contributed by atoms with Crippen LogP contribution in [0.2, 0.25) is 5.02 Å². The second-order valence-electron chi connectivity index (χ2n) is 8.18. The van der Waals surface area contributed by atoms with Gasteiger partial charge in [-0.15, -0.1) is 0 Å². The molecule has 7 heteroatoms. The summed E-state index contributed by atoms with van der Waals surface area (Å²) in [6, 6.07) is 18.9. The number of hydrogen-bond donors (Lipinski definition) is 0. The van der Waals surface area contributed by atoms with Crippen LogP contribution in [0.3, 0.4) is 0 Å². The highest BCUT2D eigenvalue weighted by Crippen LogP contribution is 2.48. The zero-order valence-corrected chi connectivity index (χ0v) is 19.8. The van der Waals surface area contributed by atoms with E-state index < -0.39 is 12.1 Å². The molecule has 4 nitrogen and oxygen atoms in total. The molecule has 0 bridgehead atoms. The van der Waals surface area contributed by atoms with Crippen LogP contribution in [-0.4, -0.2) is 29.7 Å². The van der Waals surface area contributed by atoms with E-state index in [2.05, 4.69) is 15.9 Å². The number of hydrazone groups is 1. The van der Waals surface area contributed by atoms with E-state index in [0.29, 0.717) is 5.02 Å². The lowest BCUT2D eigenvalue weighted by Crippen LogP contribution is -2.37. The van der Waals surface area contributed by atoms with Crippen molar-refractivity contribution in [3.05, 3.63) is 98.7 Å². The van der Waals surface area contributed by atoms with Gasteiger partial charge in [-0.2, -0.15) is 5.10 Å². The summed E-state index contributed by atoms with van der Waals surface area (Å²) >= 11 is 9.68. The zero-order chi connectivity index (χ0) is 22.6. The van der Waals surface area contributed by atoms with Gasteiger partial charge in [0.25, 0.3) is 5.91 Å². The fourth-order valence-electron chi connectivity index (χ4n) is 4.69. The number of carbonyl (C=O) groups is 1. The molecule has 3 aromatic rings. The van der Waals surface area contributed by atoms with E-state index in [1.54, 1.807) is 16.0 Å². The summed E-state index contributed by atoms with van der Waals surface area (Å²) in [4.78, 5) is 15.6. The molecule has 162 valence electrons. The molecule has 3 unspecified atom stereocenters. The highest BCUT2D eigenvalue weighted by Gasteiger charge is 2.56. The zero-order valence-electron chi connectivity index (χ0n) is 17.5. The first-order valence-corrected chi connectivity index (χ1v) is 11.4. The van der Waals surface area contributed by atoms with Crippen LogP contribution < -0.4 is 4.90 Å². The molecule has 0 saturated carbocycles. The number of carbonyl (C=O) groups excluding carboxylic acids is 1. The summed E-state index contributed by atoms with van der Waals surface area (Å²) in [7, 11) is 1.82. The minimum Gasteiger partial charge on any atom is -0.302 e. The normalized spacial score (nSPS) is 22.3. The number of aryl methyl sites for hydroxylation is 1. The molecule has 3 atom stereocenters. The molecule has 5 rings (SSSR count). The van der Waals surface area contributed by atoms with Crippen LogP contribution >= 0.6 is 27.5 Å². The Morgan fingerprint density at radius 3 is 2.47 bits per heavy atom. The monoisotopic (exact) mass is 511 g/mol. The number of nitrogens with zero attached hydrogens (tertiary/aromatic N) is 3. The minimum absolute atomic E-state index is 0.0600. The minimum atomic E-state index is -0.478. The molecule has 32 heavy (non-hydrogen) atoms. The van der Waals surface area contributed by atoms with Crippen LogP contribution in [0.1, 0.15) is 22.7 Å². The van der Waals surface area contributed by atoms with Crippen molar-refractivity contribution >= 4 is 44.8 Å². The highest BCUT2D eigenvalue weighted by atomic mass is 79.9. The largest absolute Gasteiger partial charge is 0.302 e. The third-order valence-corrected chi connectivity index (χ3v) is 7.30. The number of amides is 1. The summed E-state index contributed by atoms with van der Waals surface area (Å²) in [5.41, 5.74) is 4.27. The van der Waals surface area contributed by atoms with Gasteiger partial charge in [-0.25, -0.2) is 4.39 Å². The molecule has 1 saturated heterocycles. The number of likely N-dealkylation sites (N-methyl/N-ethyl adjacent to an activating group) is 1. The van der Waals surface area contributed by atoms with Crippen molar-refractivity contribution in [2.45, 2.75) is 19.0 Å². The fraction of sp³-hybridized carbons (Fsp3) is 0.200. The van der Waals surface area contributed by atoms with Crippen molar-refractivity contribution in [1.82, 2.24) is 5.01 Å². The fourth-order valence-corrected chi connectivity index (χ4v) is 5.19. The maximum Gasteiger partial charge on any atom is 0.252 e. The summed E-state index contributed by atoms with van der Waals surface area (Å²) < 4.78 is 15.2. The van der Waals surface area contributed by atoms with Crippen LogP contribution in [-0.2, 0) is 4.79 Å². The van der Waals surface area contributed by atoms with Gasteiger partial charge in [0.2, 0.25) is 0 Å². The number of rotatable bonds is 3.